The Labute approximate surface area is 193 Å². The molecule has 2 unspecified atom stereocenters. The number of aromatic nitrogens is 2. The molecule has 3 aromatic rings. The summed E-state index contributed by atoms with van der Waals surface area (Å²) < 4.78 is 16.1. The van der Waals surface area contributed by atoms with Gasteiger partial charge in [0.05, 0.1) is 32.7 Å². The van der Waals surface area contributed by atoms with Gasteiger partial charge in [0.2, 0.25) is 17.6 Å². The molecule has 4 rings (SSSR count). The van der Waals surface area contributed by atoms with E-state index in [4.69, 9.17) is 14.0 Å². The maximum atomic E-state index is 13.0. The quantitative estimate of drug-likeness (QED) is 0.558. The molecule has 2 atom stereocenters. The summed E-state index contributed by atoms with van der Waals surface area (Å²) in [6.45, 7) is 4.07. The fraction of sp³-hybridized carbons (Fsp3) is 0.400. The summed E-state index contributed by atoms with van der Waals surface area (Å²) >= 11 is 0. The van der Waals surface area contributed by atoms with Gasteiger partial charge in [0, 0.05) is 12.1 Å². The van der Waals surface area contributed by atoms with Gasteiger partial charge in [-0.05, 0) is 44.0 Å². The second-order valence-electron chi connectivity index (χ2n) is 8.30. The molecular formula is C25H30N4O4. The summed E-state index contributed by atoms with van der Waals surface area (Å²) in [5.41, 5.74) is 1.89. The molecule has 1 N–H and O–H groups in total. The van der Waals surface area contributed by atoms with E-state index in [1.807, 2.05) is 55.5 Å². The maximum absolute atomic E-state index is 13.0. The first-order chi connectivity index (χ1) is 16.1. The van der Waals surface area contributed by atoms with Crippen LogP contribution >= 0.6 is 0 Å². The van der Waals surface area contributed by atoms with Crippen LogP contribution in [0, 0.1) is 5.92 Å². The van der Waals surface area contributed by atoms with Crippen LogP contribution in [-0.4, -0.2) is 48.3 Å². The van der Waals surface area contributed by atoms with Crippen molar-refractivity contribution >= 4 is 5.91 Å². The molecule has 2 heterocycles. The predicted molar refractivity (Wildman–Crippen MR) is 124 cm³/mol. The second kappa shape index (κ2) is 10.5. The van der Waals surface area contributed by atoms with E-state index >= 15 is 0 Å². The predicted octanol–water partition coefficient (Wildman–Crippen LogP) is 3.84. The third-order valence-corrected chi connectivity index (χ3v) is 6.00. The van der Waals surface area contributed by atoms with E-state index in [1.54, 1.807) is 14.2 Å². The number of carbonyl (C=O) groups is 1. The summed E-state index contributed by atoms with van der Waals surface area (Å²) in [5, 5.41) is 7.25. The highest BCUT2D eigenvalue weighted by Crippen LogP contribution is 2.30. The van der Waals surface area contributed by atoms with Crippen molar-refractivity contribution in [3.63, 3.8) is 0 Å². The van der Waals surface area contributed by atoms with Crippen LogP contribution in [0.15, 0.2) is 53.1 Å². The van der Waals surface area contributed by atoms with Crippen molar-refractivity contribution in [1.82, 2.24) is 20.4 Å². The number of methoxy groups -OCH3 is 2. The van der Waals surface area contributed by atoms with Crippen LogP contribution in [0.25, 0.3) is 11.4 Å². The minimum Gasteiger partial charge on any atom is -0.493 e. The van der Waals surface area contributed by atoms with Gasteiger partial charge in [-0.3, -0.25) is 9.69 Å². The largest absolute Gasteiger partial charge is 0.493 e. The lowest BCUT2D eigenvalue weighted by Crippen LogP contribution is -2.43. The molecule has 1 amide bonds. The Morgan fingerprint density at radius 2 is 1.97 bits per heavy atom. The van der Waals surface area contributed by atoms with Crippen LogP contribution in [0.1, 0.15) is 37.3 Å². The second-order valence-corrected chi connectivity index (χ2v) is 8.30. The molecule has 0 bridgehead atoms. The van der Waals surface area contributed by atoms with E-state index in [2.05, 4.69) is 20.4 Å². The van der Waals surface area contributed by atoms with E-state index in [0.29, 0.717) is 36.3 Å². The minimum atomic E-state index is -0.142. The molecule has 1 saturated heterocycles. The van der Waals surface area contributed by atoms with Gasteiger partial charge in [-0.2, -0.15) is 4.98 Å². The zero-order valence-corrected chi connectivity index (χ0v) is 19.3. The van der Waals surface area contributed by atoms with E-state index in [0.717, 1.165) is 30.5 Å². The number of carbonyl (C=O) groups excluding carboxylic acids is 1. The zero-order chi connectivity index (χ0) is 23.2. The molecular weight excluding hydrogens is 420 g/mol. The summed E-state index contributed by atoms with van der Waals surface area (Å²) in [6, 6.07) is 15.3. The van der Waals surface area contributed by atoms with Gasteiger partial charge in [0.15, 0.2) is 11.5 Å². The lowest BCUT2D eigenvalue weighted by atomic mass is 9.96. The third kappa shape index (κ3) is 5.51. The number of likely N-dealkylation sites (tertiary alicyclic amines) is 1. The summed E-state index contributed by atoms with van der Waals surface area (Å²) in [4.78, 5) is 19.7. The third-order valence-electron chi connectivity index (χ3n) is 6.00. The van der Waals surface area contributed by atoms with Crippen molar-refractivity contribution in [1.29, 1.82) is 0 Å². The van der Waals surface area contributed by atoms with Gasteiger partial charge in [-0.25, -0.2) is 0 Å². The molecule has 174 valence electrons. The first-order valence-corrected chi connectivity index (χ1v) is 11.2. The fourth-order valence-electron chi connectivity index (χ4n) is 4.16. The Bertz CT molecular complexity index is 1070. The van der Waals surface area contributed by atoms with Crippen LogP contribution in [0.3, 0.4) is 0 Å². The Morgan fingerprint density at radius 3 is 2.73 bits per heavy atom. The Balaban J connectivity index is 1.34. The zero-order valence-electron chi connectivity index (χ0n) is 19.3. The summed E-state index contributed by atoms with van der Waals surface area (Å²) in [5.74, 6) is 2.43. The van der Waals surface area contributed by atoms with Gasteiger partial charge >= 0.3 is 0 Å². The van der Waals surface area contributed by atoms with Crippen molar-refractivity contribution in [3.05, 3.63) is 60.0 Å². The molecule has 1 aliphatic rings. The van der Waals surface area contributed by atoms with Crippen LogP contribution in [0.4, 0.5) is 0 Å². The Kier molecular flexibility index (Phi) is 7.24. The number of amides is 1. The van der Waals surface area contributed by atoms with E-state index in [1.165, 1.54) is 0 Å². The number of ether oxygens (including phenoxy) is 2. The number of rotatable bonds is 8. The van der Waals surface area contributed by atoms with Gasteiger partial charge in [0.1, 0.15) is 0 Å². The highest BCUT2D eigenvalue weighted by atomic mass is 16.5. The van der Waals surface area contributed by atoms with Crippen LogP contribution < -0.4 is 14.8 Å². The molecule has 0 radical (unpaired) electrons. The van der Waals surface area contributed by atoms with Gasteiger partial charge < -0.3 is 19.3 Å². The smallest absolute Gasteiger partial charge is 0.241 e. The lowest BCUT2D eigenvalue weighted by molar-refractivity contribution is -0.127. The van der Waals surface area contributed by atoms with Crippen LogP contribution in [-0.2, 0) is 11.3 Å². The molecule has 1 fully saturated rings. The molecule has 8 nitrogen and oxygen atoms in total. The van der Waals surface area contributed by atoms with Crippen LogP contribution in [0.5, 0.6) is 11.5 Å². The molecule has 8 heteroatoms. The van der Waals surface area contributed by atoms with Crippen molar-refractivity contribution in [2.75, 3.05) is 27.3 Å². The van der Waals surface area contributed by atoms with Gasteiger partial charge in [-0.1, -0.05) is 41.6 Å². The summed E-state index contributed by atoms with van der Waals surface area (Å²) in [7, 11) is 3.21. The SMILES string of the molecule is COc1ccc(C(C)NC(=O)C2CCCN(Cc3nc(-c4ccccc4)no3)C2)cc1OC. The number of nitrogens with one attached hydrogen (secondary N) is 1. The standard InChI is InChI=1S/C25H30N4O4/c1-17(19-11-12-21(31-2)22(14-19)32-3)26-25(30)20-10-7-13-29(15-20)16-23-27-24(28-33-23)18-8-5-4-6-9-18/h4-6,8-9,11-12,14,17,20H,7,10,13,15-16H2,1-3H3,(H,26,30). The first kappa shape index (κ1) is 22.8. The topological polar surface area (TPSA) is 89.7 Å². The minimum absolute atomic E-state index is 0.0532. The molecule has 0 saturated carbocycles. The lowest BCUT2D eigenvalue weighted by Gasteiger charge is -2.31. The Morgan fingerprint density at radius 1 is 1.18 bits per heavy atom. The summed E-state index contributed by atoms with van der Waals surface area (Å²) in [6.07, 6.45) is 1.81. The first-order valence-electron chi connectivity index (χ1n) is 11.2. The normalized spacial score (nSPS) is 17.4. The van der Waals surface area contributed by atoms with Gasteiger partial charge in [-0.15, -0.1) is 0 Å². The van der Waals surface area contributed by atoms with Crippen molar-refractivity contribution in [3.8, 4) is 22.9 Å². The number of hydrogen-bond acceptors (Lipinski definition) is 7. The number of hydrogen-bond donors (Lipinski definition) is 1. The maximum Gasteiger partial charge on any atom is 0.241 e. The number of nitrogens with zero attached hydrogens (tertiary/aromatic N) is 3. The van der Waals surface area contributed by atoms with E-state index in [9.17, 15) is 4.79 Å². The molecule has 0 aliphatic carbocycles. The molecule has 1 aromatic heterocycles. The van der Waals surface area contributed by atoms with E-state index in [-0.39, 0.29) is 17.9 Å². The molecule has 0 spiro atoms. The Hall–Kier alpha value is -3.39. The van der Waals surface area contributed by atoms with Crippen molar-refractivity contribution in [2.45, 2.75) is 32.4 Å². The average Bonchev–Trinajstić information content (AvgIpc) is 3.32. The molecule has 33 heavy (non-hydrogen) atoms. The van der Waals surface area contributed by atoms with Gasteiger partial charge in [0.25, 0.3) is 0 Å². The van der Waals surface area contributed by atoms with Crippen molar-refractivity contribution in [2.24, 2.45) is 5.92 Å². The highest BCUT2D eigenvalue weighted by molar-refractivity contribution is 5.79. The highest BCUT2D eigenvalue weighted by Gasteiger charge is 2.28. The average molecular weight is 451 g/mol. The fourth-order valence-corrected chi connectivity index (χ4v) is 4.16. The van der Waals surface area contributed by atoms with E-state index < -0.39 is 0 Å². The molecule has 2 aromatic carbocycles. The van der Waals surface area contributed by atoms with Crippen LogP contribution in [0.2, 0.25) is 0 Å². The molecule has 1 aliphatic heterocycles. The number of piperidine rings is 1. The number of benzene rings is 2. The monoisotopic (exact) mass is 450 g/mol. The van der Waals surface area contributed by atoms with Crippen molar-refractivity contribution < 1.29 is 18.8 Å².